The average molecular weight is 454 g/mol. The fourth-order valence-electron chi connectivity index (χ4n) is 2.98. The van der Waals surface area contributed by atoms with Crippen molar-refractivity contribution in [2.24, 2.45) is 5.10 Å². The summed E-state index contributed by atoms with van der Waals surface area (Å²) in [7, 11) is 1.58. The van der Waals surface area contributed by atoms with E-state index in [2.05, 4.69) is 20.7 Å². The second-order valence-corrected chi connectivity index (χ2v) is 7.78. The van der Waals surface area contributed by atoms with Crippen LogP contribution < -0.4 is 14.9 Å². The monoisotopic (exact) mass is 453 g/mol. The maximum atomic E-state index is 12.2. The third kappa shape index (κ3) is 5.88. The Morgan fingerprint density at radius 1 is 1.16 bits per heavy atom. The summed E-state index contributed by atoms with van der Waals surface area (Å²) in [5.74, 6) is 2.01. The largest absolute Gasteiger partial charge is 0.493 e. The first-order chi connectivity index (χ1) is 15.5. The van der Waals surface area contributed by atoms with Crippen LogP contribution >= 0.6 is 11.8 Å². The maximum absolute atomic E-state index is 12.2. The summed E-state index contributed by atoms with van der Waals surface area (Å²) in [6, 6.07) is 13.6. The van der Waals surface area contributed by atoms with Gasteiger partial charge >= 0.3 is 0 Å². The molecule has 2 aromatic carbocycles. The third-order valence-electron chi connectivity index (χ3n) is 4.57. The molecule has 0 aliphatic carbocycles. The Hall–Kier alpha value is -3.33. The molecule has 0 aliphatic heterocycles. The standard InChI is InChI=1S/C23H27N5O3S/c1-5-28-22(18-10-7-16(3)8-11-18)26-27-23(28)32-15-21(29)25-24-14-17-9-12-19(31-6-2)20(13-17)30-4/h7-14H,5-6,15H2,1-4H3,(H,25,29)/b24-14-. The first-order valence-electron chi connectivity index (χ1n) is 10.3. The van der Waals surface area contributed by atoms with Crippen molar-refractivity contribution in [3.05, 3.63) is 53.6 Å². The second kappa shape index (κ2) is 11.3. The number of methoxy groups -OCH3 is 1. The molecule has 1 amide bonds. The molecule has 0 fully saturated rings. The molecule has 0 saturated heterocycles. The summed E-state index contributed by atoms with van der Waals surface area (Å²) in [4.78, 5) is 12.2. The van der Waals surface area contributed by atoms with Gasteiger partial charge in [0.1, 0.15) is 0 Å². The number of aryl methyl sites for hydroxylation is 1. The summed E-state index contributed by atoms with van der Waals surface area (Å²) in [5.41, 5.74) is 5.51. The Balaban J connectivity index is 1.58. The number of hydrogen-bond donors (Lipinski definition) is 1. The minimum atomic E-state index is -0.230. The van der Waals surface area contributed by atoms with E-state index in [1.165, 1.54) is 17.3 Å². The molecule has 0 spiro atoms. The van der Waals surface area contributed by atoms with E-state index >= 15 is 0 Å². The molecule has 0 atom stereocenters. The number of hydrazone groups is 1. The molecule has 0 radical (unpaired) electrons. The molecule has 0 aliphatic rings. The van der Waals surface area contributed by atoms with Gasteiger partial charge in [0, 0.05) is 12.1 Å². The van der Waals surface area contributed by atoms with Gasteiger partial charge in [-0.15, -0.1) is 10.2 Å². The molecular weight excluding hydrogens is 426 g/mol. The van der Waals surface area contributed by atoms with E-state index in [0.717, 1.165) is 17.0 Å². The van der Waals surface area contributed by atoms with Crippen molar-refractivity contribution in [3.8, 4) is 22.9 Å². The van der Waals surface area contributed by atoms with Gasteiger partial charge in [-0.2, -0.15) is 5.10 Å². The van der Waals surface area contributed by atoms with Crippen LogP contribution in [0.25, 0.3) is 11.4 Å². The maximum Gasteiger partial charge on any atom is 0.250 e. The number of carbonyl (C=O) groups is 1. The predicted octanol–water partition coefficient (Wildman–Crippen LogP) is 3.92. The molecule has 3 rings (SSSR count). The van der Waals surface area contributed by atoms with Crippen molar-refractivity contribution in [2.75, 3.05) is 19.5 Å². The van der Waals surface area contributed by atoms with Crippen LogP contribution in [0.2, 0.25) is 0 Å². The van der Waals surface area contributed by atoms with Crippen molar-refractivity contribution in [1.82, 2.24) is 20.2 Å². The predicted molar refractivity (Wildman–Crippen MR) is 126 cm³/mol. The molecule has 3 aromatic rings. The molecule has 8 nitrogen and oxygen atoms in total. The van der Waals surface area contributed by atoms with Gasteiger partial charge in [-0.05, 0) is 44.5 Å². The number of ether oxygens (including phenoxy) is 2. The van der Waals surface area contributed by atoms with Crippen LogP contribution in [0.15, 0.2) is 52.7 Å². The van der Waals surface area contributed by atoms with Crippen LogP contribution in [0.4, 0.5) is 0 Å². The Morgan fingerprint density at radius 2 is 1.94 bits per heavy atom. The number of benzene rings is 2. The van der Waals surface area contributed by atoms with Crippen molar-refractivity contribution in [1.29, 1.82) is 0 Å². The molecular formula is C23H27N5O3S. The van der Waals surface area contributed by atoms with E-state index < -0.39 is 0 Å². The Morgan fingerprint density at radius 3 is 2.62 bits per heavy atom. The molecule has 168 valence electrons. The number of hydrogen-bond acceptors (Lipinski definition) is 7. The van der Waals surface area contributed by atoms with Gasteiger partial charge in [0.25, 0.3) is 5.91 Å². The van der Waals surface area contributed by atoms with E-state index in [-0.39, 0.29) is 11.7 Å². The lowest BCUT2D eigenvalue weighted by atomic mass is 10.1. The Bertz CT molecular complexity index is 1080. The molecule has 32 heavy (non-hydrogen) atoms. The van der Waals surface area contributed by atoms with Crippen molar-refractivity contribution >= 4 is 23.9 Å². The van der Waals surface area contributed by atoms with Crippen LogP contribution in [-0.4, -0.2) is 46.4 Å². The number of aromatic nitrogens is 3. The lowest BCUT2D eigenvalue weighted by molar-refractivity contribution is -0.118. The van der Waals surface area contributed by atoms with Gasteiger partial charge in [0.15, 0.2) is 22.5 Å². The van der Waals surface area contributed by atoms with E-state index in [1.807, 2.05) is 61.7 Å². The number of thioether (sulfide) groups is 1. The van der Waals surface area contributed by atoms with Gasteiger partial charge in [-0.25, -0.2) is 5.43 Å². The van der Waals surface area contributed by atoms with Gasteiger partial charge in [0.05, 0.1) is 25.7 Å². The summed E-state index contributed by atoms with van der Waals surface area (Å²) >= 11 is 1.33. The number of nitrogens with one attached hydrogen (secondary N) is 1. The zero-order chi connectivity index (χ0) is 22.9. The van der Waals surface area contributed by atoms with E-state index in [4.69, 9.17) is 9.47 Å². The fourth-order valence-corrected chi connectivity index (χ4v) is 3.77. The quantitative estimate of drug-likeness (QED) is 0.284. The van der Waals surface area contributed by atoms with Crippen LogP contribution in [-0.2, 0) is 11.3 Å². The minimum absolute atomic E-state index is 0.177. The third-order valence-corrected chi connectivity index (χ3v) is 5.53. The molecule has 0 saturated carbocycles. The van der Waals surface area contributed by atoms with Crippen molar-refractivity contribution in [2.45, 2.75) is 32.5 Å². The number of rotatable bonds is 10. The topological polar surface area (TPSA) is 90.6 Å². The van der Waals surface area contributed by atoms with E-state index in [0.29, 0.717) is 29.8 Å². The molecule has 0 bridgehead atoms. The van der Waals surface area contributed by atoms with Crippen molar-refractivity contribution in [3.63, 3.8) is 0 Å². The Kier molecular flexibility index (Phi) is 8.27. The summed E-state index contributed by atoms with van der Waals surface area (Å²) in [6.07, 6.45) is 1.56. The lowest BCUT2D eigenvalue weighted by Gasteiger charge is -2.09. The van der Waals surface area contributed by atoms with Crippen LogP contribution in [0.5, 0.6) is 11.5 Å². The highest BCUT2D eigenvalue weighted by molar-refractivity contribution is 7.99. The van der Waals surface area contributed by atoms with E-state index in [9.17, 15) is 4.79 Å². The second-order valence-electron chi connectivity index (χ2n) is 6.84. The molecule has 1 aromatic heterocycles. The first kappa shape index (κ1) is 23.3. The lowest BCUT2D eigenvalue weighted by Crippen LogP contribution is -2.20. The number of amides is 1. The fraction of sp³-hybridized carbons (Fsp3) is 0.304. The number of carbonyl (C=O) groups excluding carboxylic acids is 1. The molecule has 0 unspecified atom stereocenters. The van der Waals surface area contributed by atoms with Crippen LogP contribution in [0.3, 0.4) is 0 Å². The van der Waals surface area contributed by atoms with Gasteiger partial charge in [-0.3, -0.25) is 4.79 Å². The smallest absolute Gasteiger partial charge is 0.250 e. The SMILES string of the molecule is CCOc1ccc(/C=N\NC(=O)CSc2nnc(-c3ccc(C)cc3)n2CC)cc1OC. The highest BCUT2D eigenvalue weighted by Gasteiger charge is 2.14. The summed E-state index contributed by atoms with van der Waals surface area (Å²) in [5, 5.41) is 13.3. The van der Waals surface area contributed by atoms with Gasteiger partial charge in [0.2, 0.25) is 0 Å². The highest BCUT2D eigenvalue weighted by Crippen LogP contribution is 2.27. The summed E-state index contributed by atoms with van der Waals surface area (Å²) in [6.45, 7) is 7.24. The number of nitrogens with zero attached hydrogens (tertiary/aromatic N) is 4. The molecule has 1 N–H and O–H groups in total. The minimum Gasteiger partial charge on any atom is -0.493 e. The Labute approximate surface area is 192 Å². The summed E-state index contributed by atoms with van der Waals surface area (Å²) < 4.78 is 12.8. The van der Waals surface area contributed by atoms with E-state index in [1.54, 1.807) is 19.4 Å². The normalized spacial score (nSPS) is 11.0. The zero-order valence-electron chi connectivity index (χ0n) is 18.7. The zero-order valence-corrected chi connectivity index (χ0v) is 19.5. The van der Waals surface area contributed by atoms with Gasteiger partial charge < -0.3 is 14.0 Å². The van der Waals surface area contributed by atoms with Crippen molar-refractivity contribution < 1.29 is 14.3 Å². The highest BCUT2D eigenvalue weighted by atomic mass is 32.2. The van der Waals surface area contributed by atoms with Gasteiger partial charge in [-0.1, -0.05) is 41.6 Å². The van der Waals surface area contributed by atoms with Crippen LogP contribution in [0, 0.1) is 6.92 Å². The van der Waals surface area contributed by atoms with Crippen LogP contribution in [0.1, 0.15) is 25.0 Å². The molecule has 1 heterocycles. The first-order valence-corrected chi connectivity index (χ1v) is 11.3. The average Bonchev–Trinajstić information content (AvgIpc) is 3.22. The molecule has 9 heteroatoms.